The first-order chi connectivity index (χ1) is 12.6. The van der Waals surface area contributed by atoms with Crippen LogP contribution in [0.25, 0.3) is 0 Å². The molecule has 27 heavy (non-hydrogen) atoms. The molecule has 1 saturated heterocycles. The van der Waals surface area contributed by atoms with Gasteiger partial charge in [0.25, 0.3) is 5.91 Å². The molecule has 0 aromatic carbocycles. The predicted molar refractivity (Wildman–Crippen MR) is 97.5 cm³/mol. The average Bonchev–Trinajstić information content (AvgIpc) is 3.26. The standard InChI is InChI=1S/C18H24N2O6S/c1-10-16(12(3)21)11(2)19-17(10)18(23)26-8-15(22)20(13-4-5-13)14-6-7-27(24,25)9-14/h13-14,19H,4-9H2,1-3H3/t14-/m1/s1. The summed E-state index contributed by atoms with van der Waals surface area (Å²) in [6.07, 6.45) is 2.11. The fourth-order valence-corrected chi connectivity index (χ4v) is 5.52. The number of aryl methyl sites for hydroxylation is 1. The lowest BCUT2D eigenvalue weighted by Crippen LogP contribution is -2.44. The highest BCUT2D eigenvalue weighted by molar-refractivity contribution is 7.91. The van der Waals surface area contributed by atoms with Crippen molar-refractivity contribution in [2.24, 2.45) is 0 Å². The summed E-state index contributed by atoms with van der Waals surface area (Å²) in [5.74, 6) is -1.17. The maximum atomic E-state index is 12.6. The molecule has 9 heteroatoms. The normalized spacial score (nSPS) is 21.1. The molecule has 1 aromatic heterocycles. The predicted octanol–water partition coefficient (Wildman–Crippen LogP) is 1.17. The zero-order valence-corrected chi connectivity index (χ0v) is 16.5. The lowest BCUT2D eigenvalue weighted by Gasteiger charge is -2.28. The van der Waals surface area contributed by atoms with Gasteiger partial charge in [0.05, 0.1) is 11.5 Å². The van der Waals surface area contributed by atoms with Gasteiger partial charge in [-0.1, -0.05) is 0 Å². The van der Waals surface area contributed by atoms with Crippen molar-refractivity contribution in [3.63, 3.8) is 0 Å². The Labute approximate surface area is 158 Å². The quantitative estimate of drug-likeness (QED) is 0.570. The fourth-order valence-electron chi connectivity index (χ4n) is 3.81. The van der Waals surface area contributed by atoms with E-state index in [4.69, 9.17) is 4.74 Å². The van der Waals surface area contributed by atoms with Gasteiger partial charge in [-0.3, -0.25) is 9.59 Å². The molecular formula is C18H24N2O6S. The van der Waals surface area contributed by atoms with E-state index in [-0.39, 0.29) is 41.0 Å². The van der Waals surface area contributed by atoms with Crippen LogP contribution in [0.5, 0.6) is 0 Å². The van der Waals surface area contributed by atoms with Gasteiger partial charge in [-0.25, -0.2) is 13.2 Å². The SMILES string of the molecule is CC(=O)c1c(C)[nH]c(C(=O)OCC(=O)N(C2CC2)[C@@H]2CCS(=O)(=O)C2)c1C. The maximum absolute atomic E-state index is 12.6. The van der Waals surface area contributed by atoms with Crippen molar-refractivity contribution in [2.45, 2.75) is 52.1 Å². The molecule has 0 unspecified atom stereocenters. The maximum Gasteiger partial charge on any atom is 0.355 e. The molecule has 2 fully saturated rings. The summed E-state index contributed by atoms with van der Waals surface area (Å²) in [5.41, 5.74) is 1.68. The minimum Gasteiger partial charge on any atom is -0.451 e. The molecule has 1 N–H and O–H groups in total. The third-order valence-electron chi connectivity index (χ3n) is 5.15. The van der Waals surface area contributed by atoms with E-state index in [0.29, 0.717) is 23.2 Å². The van der Waals surface area contributed by atoms with Crippen LogP contribution in [0.1, 0.15) is 58.3 Å². The van der Waals surface area contributed by atoms with Crippen LogP contribution in [-0.4, -0.2) is 66.2 Å². The first-order valence-corrected chi connectivity index (χ1v) is 10.8. The van der Waals surface area contributed by atoms with Gasteiger partial charge in [0, 0.05) is 23.3 Å². The van der Waals surface area contributed by atoms with Gasteiger partial charge in [0.15, 0.2) is 22.2 Å². The van der Waals surface area contributed by atoms with E-state index >= 15 is 0 Å². The molecule has 0 spiro atoms. The number of rotatable bonds is 6. The van der Waals surface area contributed by atoms with Crippen LogP contribution in [-0.2, 0) is 19.4 Å². The van der Waals surface area contributed by atoms with Gasteiger partial charge in [-0.15, -0.1) is 0 Å². The van der Waals surface area contributed by atoms with Crippen LogP contribution in [0.3, 0.4) is 0 Å². The van der Waals surface area contributed by atoms with E-state index in [1.807, 2.05) is 0 Å². The largest absolute Gasteiger partial charge is 0.451 e. The zero-order chi connectivity index (χ0) is 19.9. The number of aromatic amines is 1. The van der Waals surface area contributed by atoms with E-state index in [0.717, 1.165) is 12.8 Å². The molecule has 1 aliphatic heterocycles. The van der Waals surface area contributed by atoms with Gasteiger partial charge in [0.2, 0.25) is 0 Å². The highest BCUT2D eigenvalue weighted by Gasteiger charge is 2.42. The molecule has 2 heterocycles. The number of ketones is 1. The summed E-state index contributed by atoms with van der Waals surface area (Å²) in [5, 5.41) is 0. The Morgan fingerprint density at radius 1 is 1.15 bits per heavy atom. The van der Waals surface area contributed by atoms with Gasteiger partial charge >= 0.3 is 5.97 Å². The van der Waals surface area contributed by atoms with Crippen LogP contribution in [0.4, 0.5) is 0 Å². The first kappa shape index (κ1) is 19.6. The number of nitrogens with one attached hydrogen (secondary N) is 1. The van der Waals surface area contributed by atoms with Crippen LogP contribution >= 0.6 is 0 Å². The Balaban J connectivity index is 1.67. The van der Waals surface area contributed by atoms with Crippen molar-refractivity contribution in [1.29, 1.82) is 0 Å². The Morgan fingerprint density at radius 2 is 1.81 bits per heavy atom. The number of aromatic nitrogens is 1. The van der Waals surface area contributed by atoms with Crippen molar-refractivity contribution < 1.29 is 27.5 Å². The van der Waals surface area contributed by atoms with E-state index in [1.54, 1.807) is 18.7 Å². The highest BCUT2D eigenvalue weighted by Crippen LogP contribution is 2.32. The number of sulfone groups is 1. The van der Waals surface area contributed by atoms with Gasteiger partial charge in [-0.2, -0.15) is 0 Å². The van der Waals surface area contributed by atoms with Crippen LogP contribution in [0.2, 0.25) is 0 Å². The molecule has 148 valence electrons. The van der Waals surface area contributed by atoms with Crippen molar-refractivity contribution in [3.8, 4) is 0 Å². The third-order valence-corrected chi connectivity index (χ3v) is 6.90. The summed E-state index contributed by atoms with van der Waals surface area (Å²) in [6.45, 7) is 4.32. The van der Waals surface area contributed by atoms with Crippen LogP contribution < -0.4 is 0 Å². The van der Waals surface area contributed by atoms with E-state index in [9.17, 15) is 22.8 Å². The molecule has 8 nitrogen and oxygen atoms in total. The number of ether oxygens (including phenoxy) is 1. The summed E-state index contributed by atoms with van der Waals surface area (Å²) in [6, 6.07) is -0.305. The molecule has 1 saturated carbocycles. The highest BCUT2D eigenvalue weighted by atomic mass is 32.2. The molecule has 0 radical (unpaired) electrons. The Hall–Kier alpha value is -2.16. The van der Waals surface area contributed by atoms with Gasteiger partial charge in [-0.05, 0) is 45.6 Å². The Kier molecular flexibility index (Phi) is 5.16. The van der Waals surface area contributed by atoms with Crippen molar-refractivity contribution in [2.75, 3.05) is 18.1 Å². The van der Waals surface area contributed by atoms with Crippen molar-refractivity contribution >= 4 is 27.5 Å². The Bertz CT molecular complexity index is 897. The number of hydrogen-bond donors (Lipinski definition) is 1. The molecule has 1 aliphatic carbocycles. The molecule has 1 aromatic rings. The van der Waals surface area contributed by atoms with E-state index in [2.05, 4.69) is 4.98 Å². The third kappa shape index (κ3) is 4.07. The van der Waals surface area contributed by atoms with Crippen LogP contribution in [0.15, 0.2) is 0 Å². The number of amides is 1. The lowest BCUT2D eigenvalue weighted by atomic mass is 10.1. The summed E-state index contributed by atoms with van der Waals surface area (Å²) >= 11 is 0. The van der Waals surface area contributed by atoms with Gasteiger partial charge < -0.3 is 14.6 Å². The van der Waals surface area contributed by atoms with E-state index < -0.39 is 22.4 Å². The molecule has 2 aliphatic rings. The topological polar surface area (TPSA) is 114 Å². The van der Waals surface area contributed by atoms with Crippen molar-refractivity contribution in [1.82, 2.24) is 9.88 Å². The minimum absolute atomic E-state index is 0.0277. The number of carbonyl (C=O) groups is 3. The van der Waals surface area contributed by atoms with Crippen LogP contribution in [0, 0.1) is 13.8 Å². The number of carbonyl (C=O) groups excluding carboxylic acids is 3. The average molecular weight is 396 g/mol. The number of esters is 1. The fraction of sp³-hybridized carbons (Fsp3) is 0.611. The summed E-state index contributed by atoms with van der Waals surface area (Å²) in [7, 11) is -3.11. The number of H-pyrrole nitrogens is 1. The van der Waals surface area contributed by atoms with Gasteiger partial charge in [0.1, 0.15) is 5.69 Å². The number of hydrogen-bond acceptors (Lipinski definition) is 6. The van der Waals surface area contributed by atoms with Crippen molar-refractivity contribution in [3.05, 3.63) is 22.5 Å². The molecular weight excluding hydrogens is 372 g/mol. The second kappa shape index (κ2) is 7.10. The lowest BCUT2D eigenvalue weighted by molar-refractivity contribution is -0.137. The summed E-state index contributed by atoms with van der Waals surface area (Å²) in [4.78, 5) is 41.1. The monoisotopic (exact) mass is 396 g/mol. The second-order valence-corrected chi connectivity index (χ2v) is 9.58. The number of nitrogens with zero attached hydrogens (tertiary/aromatic N) is 1. The summed E-state index contributed by atoms with van der Waals surface area (Å²) < 4.78 is 28.6. The molecule has 1 amide bonds. The molecule has 1 atom stereocenters. The number of Topliss-reactive ketones (excluding diaryl/α,β-unsaturated/α-hetero) is 1. The first-order valence-electron chi connectivity index (χ1n) is 8.99. The molecule has 3 rings (SSSR count). The smallest absolute Gasteiger partial charge is 0.355 e. The molecule has 0 bridgehead atoms. The zero-order valence-electron chi connectivity index (χ0n) is 15.7. The Morgan fingerprint density at radius 3 is 2.30 bits per heavy atom. The van der Waals surface area contributed by atoms with E-state index in [1.165, 1.54) is 6.92 Å². The second-order valence-electron chi connectivity index (χ2n) is 7.35. The minimum atomic E-state index is -3.11.